The van der Waals surface area contributed by atoms with Crippen LogP contribution in [0.15, 0.2) is 72.1 Å². The quantitative estimate of drug-likeness (QED) is 0.221. The zero-order chi connectivity index (χ0) is 28.0. The SMILES string of the molecule is COc1cc(/C=C(/C#N)c2nc(-c3ccc(Cl)cc3)cs2)ccc1OCC(=O)Nc1ccccc1C(F)(F)F. The van der Waals surface area contributed by atoms with Gasteiger partial charge in [-0.2, -0.15) is 18.4 Å². The summed E-state index contributed by atoms with van der Waals surface area (Å²) in [5, 5.41) is 14.9. The average molecular weight is 570 g/mol. The van der Waals surface area contributed by atoms with E-state index in [0.717, 1.165) is 17.7 Å². The van der Waals surface area contributed by atoms with Gasteiger partial charge in [-0.05, 0) is 48.0 Å². The molecule has 3 aromatic carbocycles. The van der Waals surface area contributed by atoms with Gasteiger partial charge >= 0.3 is 6.18 Å². The Bertz CT molecular complexity index is 1560. The maximum absolute atomic E-state index is 13.2. The second-order valence-electron chi connectivity index (χ2n) is 8.01. The van der Waals surface area contributed by atoms with Crippen LogP contribution in [0.1, 0.15) is 16.1 Å². The maximum atomic E-state index is 13.2. The Kier molecular flexibility index (Phi) is 8.54. The molecule has 1 aromatic heterocycles. The number of methoxy groups -OCH3 is 1. The van der Waals surface area contributed by atoms with E-state index in [2.05, 4.69) is 16.4 Å². The molecular weight excluding hydrogens is 551 g/mol. The predicted octanol–water partition coefficient (Wildman–Crippen LogP) is 7.57. The van der Waals surface area contributed by atoms with Crippen LogP contribution in [0.2, 0.25) is 5.02 Å². The number of carbonyl (C=O) groups is 1. The first-order chi connectivity index (χ1) is 18.7. The number of aromatic nitrogens is 1. The third kappa shape index (κ3) is 6.96. The Labute approximate surface area is 230 Å². The van der Waals surface area contributed by atoms with Crippen molar-refractivity contribution in [3.8, 4) is 28.8 Å². The van der Waals surface area contributed by atoms with Gasteiger partial charge in [0.05, 0.1) is 29.6 Å². The predicted molar refractivity (Wildman–Crippen MR) is 145 cm³/mol. The number of amides is 1. The molecule has 6 nitrogen and oxygen atoms in total. The number of alkyl halides is 3. The number of carbonyl (C=O) groups excluding carboxylic acids is 1. The number of allylic oxidation sites excluding steroid dienone is 1. The number of rotatable bonds is 8. The molecule has 1 N–H and O–H groups in total. The van der Waals surface area contributed by atoms with E-state index in [-0.39, 0.29) is 17.2 Å². The summed E-state index contributed by atoms with van der Waals surface area (Å²) in [5.41, 5.74) is 1.21. The van der Waals surface area contributed by atoms with Crippen LogP contribution >= 0.6 is 22.9 Å². The first-order valence-electron chi connectivity index (χ1n) is 11.3. The molecule has 0 aliphatic heterocycles. The molecule has 1 heterocycles. The molecule has 0 spiro atoms. The molecule has 4 aromatic rings. The number of hydrogen-bond donors (Lipinski definition) is 1. The third-order valence-corrected chi connectivity index (χ3v) is 6.49. The number of halogens is 4. The van der Waals surface area contributed by atoms with Gasteiger partial charge in [0.15, 0.2) is 18.1 Å². The summed E-state index contributed by atoms with van der Waals surface area (Å²) in [4.78, 5) is 16.8. The molecule has 198 valence electrons. The molecule has 0 saturated carbocycles. The maximum Gasteiger partial charge on any atom is 0.418 e. The Balaban J connectivity index is 1.47. The summed E-state index contributed by atoms with van der Waals surface area (Å²) in [7, 11) is 1.40. The van der Waals surface area contributed by atoms with Crippen LogP contribution in [0.25, 0.3) is 22.9 Å². The van der Waals surface area contributed by atoms with Crippen molar-refractivity contribution in [2.45, 2.75) is 6.18 Å². The van der Waals surface area contributed by atoms with Gasteiger partial charge in [-0.1, -0.05) is 41.9 Å². The highest BCUT2D eigenvalue weighted by Crippen LogP contribution is 2.35. The molecule has 0 saturated heterocycles. The summed E-state index contributed by atoms with van der Waals surface area (Å²) in [6, 6.07) is 18.8. The van der Waals surface area contributed by atoms with Crippen molar-refractivity contribution < 1.29 is 27.4 Å². The Morgan fingerprint density at radius 3 is 2.56 bits per heavy atom. The van der Waals surface area contributed by atoms with Crippen LogP contribution < -0.4 is 14.8 Å². The summed E-state index contributed by atoms with van der Waals surface area (Å²) >= 11 is 7.27. The highest BCUT2D eigenvalue weighted by atomic mass is 35.5. The second-order valence-corrected chi connectivity index (χ2v) is 9.30. The van der Waals surface area contributed by atoms with Crippen LogP contribution in [-0.2, 0) is 11.0 Å². The van der Waals surface area contributed by atoms with E-state index in [1.807, 2.05) is 17.5 Å². The van der Waals surface area contributed by atoms with Crippen molar-refractivity contribution in [2.75, 3.05) is 19.0 Å². The number of para-hydroxylation sites is 1. The van der Waals surface area contributed by atoms with E-state index in [4.69, 9.17) is 21.1 Å². The van der Waals surface area contributed by atoms with E-state index in [1.165, 1.54) is 36.6 Å². The second kappa shape index (κ2) is 12.0. The molecule has 0 radical (unpaired) electrons. The number of hydrogen-bond acceptors (Lipinski definition) is 6. The third-order valence-electron chi connectivity index (χ3n) is 5.36. The summed E-state index contributed by atoms with van der Waals surface area (Å²) in [6.45, 7) is -0.548. The standard InChI is InChI=1S/C28H19ClF3N3O3S/c1-37-25-13-17(12-19(14-33)27-35-23(16-39-27)18-7-9-20(29)10-8-18)6-11-24(25)38-15-26(36)34-22-5-3-2-4-21(22)28(30,31)32/h2-13,16H,15H2,1H3,(H,34,36)/b19-12-. The smallest absolute Gasteiger partial charge is 0.418 e. The first kappa shape index (κ1) is 27.7. The minimum absolute atomic E-state index is 0.201. The number of benzene rings is 3. The van der Waals surface area contributed by atoms with Gasteiger partial charge in [-0.15, -0.1) is 11.3 Å². The Hall–Kier alpha value is -4.33. The fourth-order valence-electron chi connectivity index (χ4n) is 3.52. The lowest BCUT2D eigenvalue weighted by Crippen LogP contribution is -2.22. The minimum atomic E-state index is -4.62. The van der Waals surface area contributed by atoms with Crippen LogP contribution in [0.5, 0.6) is 11.5 Å². The fraction of sp³-hybridized carbons (Fsp3) is 0.107. The lowest BCUT2D eigenvalue weighted by molar-refractivity contribution is -0.137. The molecule has 0 unspecified atom stereocenters. The van der Waals surface area contributed by atoms with E-state index in [0.29, 0.717) is 26.9 Å². The molecule has 1 amide bonds. The van der Waals surface area contributed by atoms with Gasteiger partial charge in [0.1, 0.15) is 11.1 Å². The number of ether oxygens (including phenoxy) is 2. The number of thiazole rings is 1. The van der Waals surface area contributed by atoms with E-state index in [9.17, 15) is 23.2 Å². The van der Waals surface area contributed by atoms with E-state index < -0.39 is 24.3 Å². The summed E-state index contributed by atoms with van der Waals surface area (Å²) in [5.74, 6) is -0.304. The first-order valence-corrected chi connectivity index (χ1v) is 12.5. The van der Waals surface area contributed by atoms with Crippen molar-refractivity contribution in [1.82, 2.24) is 4.98 Å². The van der Waals surface area contributed by atoms with Crippen LogP contribution in [0.3, 0.4) is 0 Å². The summed E-state index contributed by atoms with van der Waals surface area (Å²) in [6.07, 6.45) is -2.98. The van der Waals surface area contributed by atoms with Crippen LogP contribution in [0, 0.1) is 11.3 Å². The van der Waals surface area contributed by atoms with Gasteiger partial charge in [0, 0.05) is 16.0 Å². The highest BCUT2D eigenvalue weighted by molar-refractivity contribution is 7.11. The molecule has 39 heavy (non-hydrogen) atoms. The van der Waals surface area contributed by atoms with Gasteiger partial charge < -0.3 is 14.8 Å². The molecule has 0 aliphatic carbocycles. The van der Waals surface area contributed by atoms with E-state index in [1.54, 1.807) is 30.3 Å². The van der Waals surface area contributed by atoms with Gasteiger partial charge in [-0.25, -0.2) is 4.98 Å². The molecular formula is C28H19ClF3N3O3S. The van der Waals surface area contributed by atoms with Crippen molar-refractivity contribution in [3.05, 3.63) is 93.3 Å². The summed E-state index contributed by atoms with van der Waals surface area (Å²) < 4.78 is 50.4. The number of anilines is 1. The highest BCUT2D eigenvalue weighted by Gasteiger charge is 2.33. The number of nitriles is 1. The van der Waals surface area contributed by atoms with Crippen LogP contribution in [-0.4, -0.2) is 24.6 Å². The van der Waals surface area contributed by atoms with Gasteiger partial charge in [-0.3, -0.25) is 4.79 Å². The fourth-order valence-corrected chi connectivity index (χ4v) is 4.44. The van der Waals surface area contributed by atoms with Crippen molar-refractivity contribution in [3.63, 3.8) is 0 Å². The van der Waals surface area contributed by atoms with Crippen molar-refractivity contribution in [1.29, 1.82) is 5.26 Å². The lowest BCUT2D eigenvalue weighted by Gasteiger charge is -2.14. The van der Waals surface area contributed by atoms with Gasteiger partial charge in [0.25, 0.3) is 5.91 Å². The molecule has 0 bridgehead atoms. The molecule has 0 atom stereocenters. The molecule has 11 heteroatoms. The monoisotopic (exact) mass is 569 g/mol. The largest absolute Gasteiger partial charge is 0.493 e. The molecule has 4 rings (SSSR count). The van der Waals surface area contributed by atoms with Crippen molar-refractivity contribution in [2.24, 2.45) is 0 Å². The van der Waals surface area contributed by atoms with Crippen molar-refractivity contribution >= 4 is 46.2 Å². The normalized spacial score (nSPS) is 11.5. The number of nitrogens with zero attached hydrogens (tertiary/aromatic N) is 2. The zero-order valence-corrected chi connectivity index (χ0v) is 21.8. The van der Waals surface area contributed by atoms with Crippen LogP contribution in [0.4, 0.5) is 18.9 Å². The number of nitrogens with one attached hydrogen (secondary N) is 1. The molecule has 0 aliphatic rings. The average Bonchev–Trinajstić information content (AvgIpc) is 3.41. The zero-order valence-electron chi connectivity index (χ0n) is 20.3. The topological polar surface area (TPSA) is 84.2 Å². The van der Waals surface area contributed by atoms with Gasteiger partial charge in [0.2, 0.25) is 0 Å². The lowest BCUT2D eigenvalue weighted by atomic mass is 10.1. The van der Waals surface area contributed by atoms with E-state index >= 15 is 0 Å². The molecule has 0 fully saturated rings. The Morgan fingerprint density at radius 1 is 1.13 bits per heavy atom. The minimum Gasteiger partial charge on any atom is -0.493 e. The Morgan fingerprint density at radius 2 is 1.87 bits per heavy atom.